The first-order valence-corrected chi connectivity index (χ1v) is 6.86. The Morgan fingerprint density at radius 1 is 1.35 bits per heavy atom. The highest BCUT2D eigenvalue weighted by atomic mass is 127. The third-order valence-electron chi connectivity index (χ3n) is 3.30. The summed E-state index contributed by atoms with van der Waals surface area (Å²) in [7, 11) is 0. The van der Waals surface area contributed by atoms with Gasteiger partial charge in [0.15, 0.2) is 0 Å². The van der Waals surface area contributed by atoms with E-state index in [2.05, 4.69) is 57.1 Å². The van der Waals surface area contributed by atoms with E-state index in [0.29, 0.717) is 0 Å². The Balaban J connectivity index is 2.12. The summed E-state index contributed by atoms with van der Waals surface area (Å²) < 4.78 is 1.24. The second kappa shape index (κ2) is 4.94. The lowest BCUT2D eigenvalue weighted by molar-refractivity contribution is -0.135. The summed E-state index contributed by atoms with van der Waals surface area (Å²) in [5.41, 5.74) is 0.842. The van der Waals surface area contributed by atoms with Crippen LogP contribution in [0.3, 0.4) is 0 Å². The van der Waals surface area contributed by atoms with Crippen molar-refractivity contribution < 1.29 is 4.79 Å². The zero-order valence-electron chi connectivity index (χ0n) is 10.2. The smallest absolute Gasteiger partial charge is 0.240 e. The molecule has 1 aliphatic rings. The van der Waals surface area contributed by atoms with Gasteiger partial charge in [-0.25, -0.2) is 0 Å². The van der Waals surface area contributed by atoms with Crippen molar-refractivity contribution in [2.75, 3.05) is 13.1 Å². The van der Waals surface area contributed by atoms with Crippen LogP contribution < -0.4 is 5.32 Å². The zero-order valence-corrected chi connectivity index (χ0v) is 12.3. The fourth-order valence-corrected chi connectivity index (χ4v) is 2.39. The quantitative estimate of drug-likeness (QED) is 0.833. The van der Waals surface area contributed by atoms with Crippen LogP contribution in [0.15, 0.2) is 24.3 Å². The van der Waals surface area contributed by atoms with E-state index in [-0.39, 0.29) is 5.91 Å². The van der Waals surface area contributed by atoms with Gasteiger partial charge in [-0.15, -0.1) is 0 Å². The van der Waals surface area contributed by atoms with Crippen molar-refractivity contribution in [3.8, 4) is 0 Å². The summed E-state index contributed by atoms with van der Waals surface area (Å²) in [6.07, 6.45) is 0. The molecule has 3 nitrogen and oxygen atoms in total. The third kappa shape index (κ3) is 2.80. The fraction of sp³-hybridized carbons (Fsp3) is 0.462. The molecular weight excluding hydrogens is 327 g/mol. The van der Waals surface area contributed by atoms with Crippen LogP contribution in [-0.2, 0) is 11.3 Å². The Bertz CT molecular complexity index is 414. The minimum atomic E-state index is -0.415. The van der Waals surface area contributed by atoms with E-state index >= 15 is 0 Å². The molecular formula is C13H17IN2O. The van der Waals surface area contributed by atoms with Gasteiger partial charge in [-0.3, -0.25) is 9.69 Å². The minimum Gasteiger partial charge on any atom is -0.353 e. The number of halogens is 1. The molecule has 1 heterocycles. The predicted octanol–water partition coefficient (Wildman–Crippen LogP) is 2.00. The van der Waals surface area contributed by atoms with Crippen molar-refractivity contribution in [2.45, 2.75) is 25.9 Å². The molecule has 1 aromatic rings. The van der Waals surface area contributed by atoms with Crippen LogP contribution in [-0.4, -0.2) is 29.4 Å². The number of hydrogen-bond acceptors (Lipinski definition) is 2. The maximum absolute atomic E-state index is 11.8. The molecule has 0 saturated carbocycles. The van der Waals surface area contributed by atoms with Gasteiger partial charge in [-0.2, -0.15) is 0 Å². The Labute approximate surface area is 116 Å². The summed E-state index contributed by atoms with van der Waals surface area (Å²) in [6.45, 7) is 6.44. The molecule has 1 saturated heterocycles. The van der Waals surface area contributed by atoms with Gasteiger partial charge in [0, 0.05) is 23.2 Å². The highest BCUT2D eigenvalue weighted by Gasteiger charge is 2.37. The van der Waals surface area contributed by atoms with Crippen LogP contribution in [0.25, 0.3) is 0 Å². The monoisotopic (exact) mass is 344 g/mol. The van der Waals surface area contributed by atoms with E-state index in [1.54, 1.807) is 0 Å². The number of piperazine rings is 1. The molecule has 0 aromatic heterocycles. The number of rotatable bonds is 2. The molecule has 2 rings (SSSR count). The van der Waals surface area contributed by atoms with E-state index in [9.17, 15) is 4.79 Å². The second-order valence-corrected chi connectivity index (χ2v) is 6.11. The number of hydrogen-bond donors (Lipinski definition) is 1. The molecule has 0 aliphatic carbocycles. The van der Waals surface area contributed by atoms with E-state index in [4.69, 9.17) is 0 Å². The molecule has 17 heavy (non-hydrogen) atoms. The van der Waals surface area contributed by atoms with Gasteiger partial charge in [0.05, 0.1) is 5.54 Å². The first-order valence-electron chi connectivity index (χ1n) is 5.78. The number of benzene rings is 1. The molecule has 1 N–H and O–H groups in total. The number of carbonyl (C=O) groups is 1. The molecule has 0 bridgehead atoms. The third-order valence-corrected chi connectivity index (χ3v) is 4.02. The molecule has 1 aliphatic heterocycles. The van der Waals surface area contributed by atoms with Crippen molar-refractivity contribution in [1.29, 1.82) is 0 Å². The van der Waals surface area contributed by atoms with Crippen molar-refractivity contribution in [1.82, 2.24) is 10.2 Å². The zero-order chi connectivity index (χ0) is 12.5. The van der Waals surface area contributed by atoms with Gasteiger partial charge in [0.1, 0.15) is 0 Å². The van der Waals surface area contributed by atoms with Crippen LogP contribution in [0.1, 0.15) is 19.4 Å². The van der Waals surface area contributed by atoms with Crippen LogP contribution >= 0.6 is 22.6 Å². The van der Waals surface area contributed by atoms with Crippen LogP contribution in [0.2, 0.25) is 0 Å². The largest absolute Gasteiger partial charge is 0.353 e. The standard InChI is InChI=1S/C13H17IN2O/c1-13(2)12(17)15-7-8-16(13)9-10-3-5-11(14)6-4-10/h3-6H,7-9H2,1-2H3,(H,15,17). The molecule has 0 atom stereocenters. The first kappa shape index (κ1) is 12.8. The predicted molar refractivity (Wildman–Crippen MR) is 76.7 cm³/mol. The average molecular weight is 344 g/mol. The highest BCUT2D eigenvalue weighted by molar-refractivity contribution is 14.1. The number of nitrogens with one attached hydrogen (secondary N) is 1. The summed E-state index contributed by atoms with van der Waals surface area (Å²) in [5, 5.41) is 2.92. The van der Waals surface area contributed by atoms with Gasteiger partial charge in [0.25, 0.3) is 0 Å². The van der Waals surface area contributed by atoms with E-state index < -0.39 is 5.54 Å². The van der Waals surface area contributed by atoms with Gasteiger partial charge in [-0.05, 0) is 54.1 Å². The van der Waals surface area contributed by atoms with Crippen molar-refractivity contribution in [2.24, 2.45) is 0 Å². The topological polar surface area (TPSA) is 32.3 Å². The molecule has 0 radical (unpaired) electrons. The van der Waals surface area contributed by atoms with Crippen molar-refractivity contribution in [3.05, 3.63) is 33.4 Å². The van der Waals surface area contributed by atoms with Crippen LogP contribution in [0.4, 0.5) is 0 Å². The fourth-order valence-electron chi connectivity index (χ4n) is 2.03. The van der Waals surface area contributed by atoms with Gasteiger partial charge in [-0.1, -0.05) is 12.1 Å². The van der Waals surface area contributed by atoms with Crippen molar-refractivity contribution >= 4 is 28.5 Å². The number of carbonyl (C=O) groups excluding carboxylic acids is 1. The van der Waals surface area contributed by atoms with E-state index in [0.717, 1.165) is 19.6 Å². The number of nitrogens with zero attached hydrogens (tertiary/aromatic N) is 1. The maximum Gasteiger partial charge on any atom is 0.240 e. The molecule has 1 amide bonds. The van der Waals surface area contributed by atoms with Gasteiger partial charge >= 0.3 is 0 Å². The van der Waals surface area contributed by atoms with Crippen molar-refractivity contribution in [3.63, 3.8) is 0 Å². The maximum atomic E-state index is 11.8. The van der Waals surface area contributed by atoms with Gasteiger partial charge in [0.2, 0.25) is 5.91 Å². The Kier molecular flexibility index (Phi) is 3.73. The summed E-state index contributed by atoms with van der Waals surface area (Å²) in [6, 6.07) is 8.47. The van der Waals surface area contributed by atoms with Crippen LogP contribution in [0, 0.1) is 3.57 Å². The summed E-state index contributed by atoms with van der Waals surface area (Å²) >= 11 is 2.30. The molecule has 0 spiro atoms. The lowest BCUT2D eigenvalue weighted by Gasteiger charge is -2.41. The summed E-state index contributed by atoms with van der Waals surface area (Å²) in [5.74, 6) is 0.120. The Morgan fingerprint density at radius 2 is 2.00 bits per heavy atom. The molecule has 92 valence electrons. The van der Waals surface area contributed by atoms with Gasteiger partial charge < -0.3 is 5.32 Å². The summed E-state index contributed by atoms with van der Waals surface area (Å²) in [4.78, 5) is 14.0. The van der Waals surface area contributed by atoms with E-state index in [1.807, 2.05) is 13.8 Å². The SMILES string of the molecule is CC1(C)C(=O)NCCN1Cc1ccc(I)cc1. The highest BCUT2D eigenvalue weighted by Crippen LogP contribution is 2.20. The minimum absolute atomic E-state index is 0.120. The first-order chi connectivity index (χ1) is 8.00. The normalized spacial score (nSPS) is 20.1. The number of amides is 1. The molecule has 0 unspecified atom stereocenters. The Hall–Kier alpha value is -0.620. The lowest BCUT2D eigenvalue weighted by atomic mass is 9.98. The van der Waals surface area contributed by atoms with Crippen LogP contribution in [0.5, 0.6) is 0 Å². The second-order valence-electron chi connectivity index (χ2n) is 4.86. The lowest BCUT2D eigenvalue weighted by Crippen LogP contribution is -2.61. The molecule has 1 aromatic carbocycles. The average Bonchev–Trinajstić information content (AvgIpc) is 2.28. The molecule has 4 heteroatoms. The van der Waals surface area contributed by atoms with E-state index in [1.165, 1.54) is 9.13 Å². The Morgan fingerprint density at radius 3 is 2.65 bits per heavy atom. The molecule has 1 fully saturated rings.